The van der Waals surface area contributed by atoms with Crippen LogP contribution in [0.5, 0.6) is 0 Å². The maximum atomic E-state index is 2.00. The van der Waals surface area contributed by atoms with Gasteiger partial charge < -0.3 is 4.90 Å². The quantitative estimate of drug-likeness (QED) is 0.526. The Balaban J connectivity index is 3.47. The lowest BCUT2D eigenvalue weighted by Gasteiger charge is -2.03. The van der Waals surface area contributed by atoms with Crippen molar-refractivity contribution in [3.05, 3.63) is 24.6 Å². The normalized spacial score (nSPS) is 11.4. The molecule has 0 saturated carbocycles. The molecule has 0 aromatic heterocycles. The van der Waals surface area contributed by atoms with E-state index in [1.54, 1.807) is 0 Å². The van der Waals surface area contributed by atoms with Gasteiger partial charge in [0.2, 0.25) is 0 Å². The molecule has 46 valence electrons. The minimum Gasteiger partial charge on any atom is -0.358 e. The Morgan fingerprint density at radius 2 is 1.38 bits per heavy atom. The van der Waals surface area contributed by atoms with Gasteiger partial charge in [-0.05, 0) is 26.2 Å². The van der Waals surface area contributed by atoms with Crippen molar-refractivity contribution in [2.24, 2.45) is 0 Å². The molecule has 0 aliphatic heterocycles. The standard InChI is InChI=1S/C7H13N/c1-4-6-8(3)7-5-2/h4-7H,1-3H3. The second-order valence-corrected chi connectivity index (χ2v) is 1.63. The molecule has 0 unspecified atom stereocenters. The fourth-order valence-corrected chi connectivity index (χ4v) is 0.520. The summed E-state index contributed by atoms with van der Waals surface area (Å²) in [5.41, 5.74) is 0. The lowest BCUT2D eigenvalue weighted by molar-refractivity contribution is 0.624. The highest BCUT2D eigenvalue weighted by atomic mass is 15.0. The van der Waals surface area contributed by atoms with Gasteiger partial charge in [0.15, 0.2) is 0 Å². The van der Waals surface area contributed by atoms with Crippen LogP contribution in [0.15, 0.2) is 24.6 Å². The van der Waals surface area contributed by atoms with Crippen molar-refractivity contribution < 1.29 is 0 Å². The molecule has 0 aliphatic rings. The van der Waals surface area contributed by atoms with Gasteiger partial charge in [-0.25, -0.2) is 0 Å². The summed E-state index contributed by atoms with van der Waals surface area (Å²) in [6, 6.07) is 0. The van der Waals surface area contributed by atoms with Crippen LogP contribution in [0.25, 0.3) is 0 Å². The molecule has 0 aliphatic carbocycles. The zero-order valence-electron chi connectivity index (χ0n) is 5.76. The average Bonchev–Trinajstić information content (AvgIpc) is 1.68. The van der Waals surface area contributed by atoms with Gasteiger partial charge in [-0.15, -0.1) is 0 Å². The second kappa shape index (κ2) is 4.44. The summed E-state index contributed by atoms with van der Waals surface area (Å²) in [4.78, 5) is 2.00. The molecule has 1 nitrogen and oxygen atoms in total. The third kappa shape index (κ3) is 3.47. The van der Waals surface area contributed by atoms with Gasteiger partial charge in [-0.1, -0.05) is 12.2 Å². The molecule has 1 heteroatoms. The van der Waals surface area contributed by atoms with Gasteiger partial charge in [-0.3, -0.25) is 0 Å². The topological polar surface area (TPSA) is 3.24 Å². The monoisotopic (exact) mass is 111 g/mol. The van der Waals surface area contributed by atoms with Crippen LogP contribution >= 0.6 is 0 Å². The third-order valence-corrected chi connectivity index (χ3v) is 0.768. The molecular formula is C7H13N. The Bertz CT molecular complexity index is 80.6. The first-order chi connectivity index (χ1) is 3.81. The third-order valence-electron chi connectivity index (χ3n) is 0.768. The number of allylic oxidation sites excluding steroid dienone is 2. The molecule has 0 N–H and O–H groups in total. The largest absolute Gasteiger partial charge is 0.358 e. The Kier molecular flexibility index (Phi) is 4.04. The first-order valence-electron chi connectivity index (χ1n) is 2.78. The van der Waals surface area contributed by atoms with Crippen LogP contribution in [0.2, 0.25) is 0 Å². The first-order valence-corrected chi connectivity index (χ1v) is 2.78. The van der Waals surface area contributed by atoms with Crippen LogP contribution in [0.3, 0.4) is 0 Å². The fraction of sp³-hybridized carbons (Fsp3) is 0.429. The molecule has 0 rings (SSSR count). The molecule has 0 radical (unpaired) electrons. The summed E-state index contributed by atoms with van der Waals surface area (Å²) in [6.07, 6.45) is 8.00. The Morgan fingerprint density at radius 3 is 1.62 bits per heavy atom. The van der Waals surface area contributed by atoms with Gasteiger partial charge in [-0.2, -0.15) is 0 Å². The van der Waals surface area contributed by atoms with Crippen LogP contribution in [0.1, 0.15) is 13.8 Å². The lowest BCUT2D eigenvalue weighted by Crippen LogP contribution is -1.97. The van der Waals surface area contributed by atoms with E-state index in [9.17, 15) is 0 Å². The van der Waals surface area contributed by atoms with Crippen LogP contribution < -0.4 is 0 Å². The molecule has 0 amide bonds. The van der Waals surface area contributed by atoms with E-state index in [-0.39, 0.29) is 0 Å². The van der Waals surface area contributed by atoms with E-state index in [4.69, 9.17) is 0 Å². The first kappa shape index (κ1) is 7.28. The molecule has 8 heavy (non-hydrogen) atoms. The Labute approximate surface area is 51.3 Å². The van der Waals surface area contributed by atoms with Crippen LogP contribution in [-0.2, 0) is 0 Å². The summed E-state index contributed by atoms with van der Waals surface area (Å²) in [7, 11) is 2.00. The molecule has 0 bridgehead atoms. The van der Waals surface area contributed by atoms with Crippen molar-refractivity contribution in [3.8, 4) is 0 Å². The SMILES string of the molecule is CC=CN(C)C=CC. The maximum Gasteiger partial charge on any atom is 0.0106 e. The summed E-state index contributed by atoms with van der Waals surface area (Å²) in [5.74, 6) is 0. The van der Waals surface area contributed by atoms with Crippen molar-refractivity contribution >= 4 is 0 Å². The Morgan fingerprint density at radius 1 is 1.00 bits per heavy atom. The summed E-state index contributed by atoms with van der Waals surface area (Å²) >= 11 is 0. The molecule has 0 atom stereocenters. The summed E-state index contributed by atoms with van der Waals surface area (Å²) in [6.45, 7) is 4.00. The number of rotatable bonds is 2. The lowest BCUT2D eigenvalue weighted by atomic mass is 10.6. The van der Waals surface area contributed by atoms with Crippen molar-refractivity contribution in [2.45, 2.75) is 13.8 Å². The van der Waals surface area contributed by atoms with E-state index in [2.05, 4.69) is 0 Å². The smallest absolute Gasteiger partial charge is 0.0106 e. The molecule has 0 fully saturated rings. The minimum absolute atomic E-state index is 2.00. The minimum atomic E-state index is 2.00. The zero-order chi connectivity index (χ0) is 6.41. The van der Waals surface area contributed by atoms with Crippen LogP contribution in [0.4, 0.5) is 0 Å². The predicted molar refractivity (Wildman–Crippen MR) is 37.4 cm³/mol. The van der Waals surface area contributed by atoms with Crippen molar-refractivity contribution in [1.29, 1.82) is 0 Å². The predicted octanol–water partition coefficient (Wildman–Crippen LogP) is 1.99. The van der Waals surface area contributed by atoms with E-state index in [0.717, 1.165) is 0 Å². The van der Waals surface area contributed by atoms with E-state index in [1.165, 1.54) is 0 Å². The van der Waals surface area contributed by atoms with Gasteiger partial charge >= 0.3 is 0 Å². The van der Waals surface area contributed by atoms with E-state index in [1.807, 2.05) is 50.3 Å². The second-order valence-electron chi connectivity index (χ2n) is 1.63. The number of hydrogen-bond donors (Lipinski definition) is 0. The molecule has 0 heterocycles. The molecule has 0 saturated heterocycles. The summed E-state index contributed by atoms with van der Waals surface area (Å²) < 4.78 is 0. The van der Waals surface area contributed by atoms with Gasteiger partial charge in [0.1, 0.15) is 0 Å². The molecule has 0 aromatic carbocycles. The van der Waals surface area contributed by atoms with E-state index in [0.29, 0.717) is 0 Å². The average molecular weight is 111 g/mol. The van der Waals surface area contributed by atoms with Gasteiger partial charge in [0, 0.05) is 7.05 Å². The summed E-state index contributed by atoms with van der Waals surface area (Å²) in [5, 5.41) is 0. The van der Waals surface area contributed by atoms with Gasteiger partial charge in [0.05, 0.1) is 0 Å². The highest BCUT2D eigenvalue weighted by molar-refractivity contribution is 4.85. The van der Waals surface area contributed by atoms with E-state index < -0.39 is 0 Å². The number of hydrogen-bond acceptors (Lipinski definition) is 1. The van der Waals surface area contributed by atoms with Crippen LogP contribution in [-0.4, -0.2) is 11.9 Å². The zero-order valence-corrected chi connectivity index (χ0v) is 5.76. The highest BCUT2D eigenvalue weighted by Crippen LogP contribution is 1.83. The molecule has 0 spiro atoms. The maximum absolute atomic E-state index is 2.00. The Hall–Kier alpha value is -0.720. The fourth-order valence-electron chi connectivity index (χ4n) is 0.520. The van der Waals surface area contributed by atoms with Crippen molar-refractivity contribution in [2.75, 3.05) is 7.05 Å². The molecule has 0 aromatic rings. The van der Waals surface area contributed by atoms with Crippen LogP contribution in [0, 0.1) is 0 Å². The molecular weight excluding hydrogens is 98.1 g/mol. The van der Waals surface area contributed by atoms with E-state index >= 15 is 0 Å². The highest BCUT2D eigenvalue weighted by Gasteiger charge is 1.73. The number of nitrogens with zero attached hydrogens (tertiary/aromatic N) is 1. The van der Waals surface area contributed by atoms with Gasteiger partial charge in [0.25, 0.3) is 0 Å². The van der Waals surface area contributed by atoms with Crippen molar-refractivity contribution in [1.82, 2.24) is 4.90 Å². The van der Waals surface area contributed by atoms with Crippen molar-refractivity contribution in [3.63, 3.8) is 0 Å².